The second kappa shape index (κ2) is 8.16. The summed E-state index contributed by atoms with van der Waals surface area (Å²) < 4.78 is 11.1. The molecule has 7 nitrogen and oxygen atoms in total. The predicted molar refractivity (Wildman–Crippen MR) is 114 cm³/mol. The lowest BCUT2D eigenvalue weighted by molar-refractivity contribution is -0.122. The summed E-state index contributed by atoms with van der Waals surface area (Å²) in [5, 5.41) is 3.09. The summed E-state index contributed by atoms with van der Waals surface area (Å²) in [5.41, 5.74) is 0.293. The predicted octanol–water partition coefficient (Wildman–Crippen LogP) is 3.25. The van der Waals surface area contributed by atoms with Crippen LogP contribution in [0, 0.1) is 0 Å². The summed E-state index contributed by atoms with van der Waals surface area (Å²) in [6.45, 7) is 2.66. The topological polar surface area (TPSA) is 75.0 Å². The number of benzene rings is 1. The third kappa shape index (κ3) is 4.02. The second-order valence-electron chi connectivity index (χ2n) is 6.33. The van der Waals surface area contributed by atoms with Crippen LogP contribution in [-0.2, 0) is 14.3 Å². The molecule has 2 fully saturated rings. The number of amides is 2. The van der Waals surface area contributed by atoms with Gasteiger partial charge >= 0.3 is 0 Å². The highest BCUT2D eigenvalue weighted by Gasteiger charge is 2.35. The van der Waals surface area contributed by atoms with Crippen LogP contribution in [-0.4, -0.2) is 43.2 Å². The average molecular weight is 452 g/mol. The van der Waals surface area contributed by atoms with E-state index in [9.17, 15) is 9.59 Å². The Morgan fingerprint density at radius 1 is 1.07 bits per heavy atom. The number of rotatable bonds is 3. The number of thiocarbonyl (C=S) groups is 1. The number of anilines is 2. The lowest BCUT2D eigenvalue weighted by atomic mass is 10.1. The van der Waals surface area contributed by atoms with Crippen LogP contribution in [0.4, 0.5) is 11.6 Å². The third-order valence-corrected chi connectivity index (χ3v) is 5.51. The van der Waals surface area contributed by atoms with Gasteiger partial charge in [-0.25, -0.2) is 0 Å². The molecule has 0 radical (unpaired) electrons. The van der Waals surface area contributed by atoms with Crippen molar-refractivity contribution in [1.82, 2.24) is 5.32 Å². The van der Waals surface area contributed by atoms with Crippen molar-refractivity contribution in [3.63, 3.8) is 0 Å². The van der Waals surface area contributed by atoms with Crippen LogP contribution in [0.3, 0.4) is 0 Å². The zero-order chi connectivity index (χ0) is 20.5. The van der Waals surface area contributed by atoms with E-state index in [1.807, 2.05) is 4.90 Å². The molecule has 2 aliphatic heterocycles. The Labute approximate surface area is 181 Å². The van der Waals surface area contributed by atoms with Gasteiger partial charge in [0.25, 0.3) is 11.8 Å². The minimum absolute atomic E-state index is 0.0380. The molecule has 2 amide bonds. The number of carbonyl (C=O) groups is 2. The van der Waals surface area contributed by atoms with Gasteiger partial charge in [0.2, 0.25) is 0 Å². The molecule has 3 heterocycles. The summed E-state index contributed by atoms with van der Waals surface area (Å²) in [5.74, 6) is -0.144. The lowest BCUT2D eigenvalue weighted by Gasteiger charge is -2.29. The summed E-state index contributed by atoms with van der Waals surface area (Å²) >= 11 is 17.2. The van der Waals surface area contributed by atoms with E-state index < -0.39 is 11.8 Å². The molecular formula is C19H15Cl2N3O4S. The second-order valence-corrected chi connectivity index (χ2v) is 7.53. The van der Waals surface area contributed by atoms with Crippen molar-refractivity contribution in [2.75, 3.05) is 36.1 Å². The first kappa shape index (κ1) is 19.9. The molecule has 1 N–H and O–H groups in total. The summed E-state index contributed by atoms with van der Waals surface area (Å²) in [6, 6.07) is 8.15. The van der Waals surface area contributed by atoms with Crippen LogP contribution in [0.2, 0.25) is 10.0 Å². The van der Waals surface area contributed by atoms with E-state index in [0.29, 0.717) is 48.7 Å². The summed E-state index contributed by atoms with van der Waals surface area (Å²) in [6.07, 6.45) is 1.40. The van der Waals surface area contributed by atoms with Crippen LogP contribution in [0.5, 0.6) is 0 Å². The van der Waals surface area contributed by atoms with E-state index in [0.717, 1.165) is 0 Å². The molecule has 1 aromatic heterocycles. The first-order valence-corrected chi connectivity index (χ1v) is 9.89. The van der Waals surface area contributed by atoms with Crippen molar-refractivity contribution in [2.24, 2.45) is 0 Å². The minimum Gasteiger partial charge on any atom is -0.441 e. The van der Waals surface area contributed by atoms with Gasteiger partial charge in [-0.05, 0) is 42.6 Å². The molecule has 2 aliphatic rings. The molecule has 29 heavy (non-hydrogen) atoms. The van der Waals surface area contributed by atoms with Crippen molar-refractivity contribution in [1.29, 1.82) is 0 Å². The zero-order valence-corrected chi connectivity index (χ0v) is 17.3. The largest absolute Gasteiger partial charge is 0.441 e. The van der Waals surface area contributed by atoms with E-state index in [2.05, 4.69) is 5.32 Å². The van der Waals surface area contributed by atoms with E-state index in [-0.39, 0.29) is 15.7 Å². The van der Waals surface area contributed by atoms with Gasteiger partial charge in [-0.3, -0.25) is 19.8 Å². The Morgan fingerprint density at radius 3 is 2.55 bits per heavy atom. The Bertz CT molecular complexity index is 1030. The first-order valence-electron chi connectivity index (χ1n) is 8.73. The van der Waals surface area contributed by atoms with Crippen molar-refractivity contribution in [3.05, 3.63) is 51.7 Å². The number of nitrogens with zero attached hydrogens (tertiary/aromatic N) is 2. The molecule has 0 saturated carbocycles. The van der Waals surface area contributed by atoms with Gasteiger partial charge in [-0.1, -0.05) is 23.2 Å². The molecular weight excluding hydrogens is 437 g/mol. The van der Waals surface area contributed by atoms with Crippen LogP contribution in [0.1, 0.15) is 5.76 Å². The number of furan rings is 1. The van der Waals surface area contributed by atoms with Gasteiger partial charge in [0.05, 0.1) is 28.9 Å². The standard InChI is InChI=1S/C19H15Cl2N3O4S/c20-14-3-1-11(9-15(14)21)24-18(26)13(17(25)22-19(24)29)10-12-2-4-16(28-12)23-5-7-27-8-6-23/h1-4,9-10H,5-8H2,(H,22,25,29)/b13-10+. The number of carbonyl (C=O) groups excluding carboxylic acids is 2. The Hall–Kier alpha value is -2.39. The third-order valence-electron chi connectivity index (χ3n) is 4.49. The van der Waals surface area contributed by atoms with Crippen molar-refractivity contribution in [2.45, 2.75) is 0 Å². The van der Waals surface area contributed by atoms with E-state index in [4.69, 9.17) is 44.6 Å². The Balaban J connectivity index is 1.63. The van der Waals surface area contributed by atoms with Crippen molar-refractivity contribution < 1.29 is 18.7 Å². The van der Waals surface area contributed by atoms with Gasteiger partial charge in [0.1, 0.15) is 11.3 Å². The zero-order valence-electron chi connectivity index (χ0n) is 15.0. The van der Waals surface area contributed by atoms with Crippen LogP contribution >= 0.6 is 35.4 Å². The van der Waals surface area contributed by atoms with E-state index in [1.54, 1.807) is 24.3 Å². The molecule has 4 rings (SSSR count). The maximum atomic E-state index is 13.0. The van der Waals surface area contributed by atoms with Crippen molar-refractivity contribution in [3.8, 4) is 0 Å². The highest BCUT2D eigenvalue weighted by Crippen LogP contribution is 2.30. The molecule has 2 aromatic rings. The fraction of sp³-hybridized carbons (Fsp3) is 0.211. The highest BCUT2D eigenvalue weighted by atomic mass is 35.5. The smallest absolute Gasteiger partial charge is 0.270 e. The molecule has 0 atom stereocenters. The highest BCUT2D eigenvalue weighted by molar-refractivity contribution is 7.80. The van der Waals surface area contributed by atoms with Crippen molar-refractivity contribution >= 4 is 70.0 Å². The van der Waals surface area contributed by atoms with Gasteiger partial charge in [0, 0.05) is 19.2 Å². The van der Waals surface area contributed by atoms with Gasteiger partial charge in [0.15, 0.2) is 11.0 Å². The lowest BCUT2D eigenvalue weighted by Crippen LogP contribution is -2.54. The Morgan fingerprint density at radius 2 is 1.83 bits per heavy atom. The quantitative estimate of drug-likeness (QED) is 0.438. The number of halogens is 2. The number of morpholine rings is 1. The monoisotopic (exact) mass is 451 g/mol. The molecule has 0 aliphatic carbocycles. The maximum absolute atomic E-state index is 13.0. The van der Waals surface area contributed by atoms with E-state index >= 15 is 0 Å². The number of nitrogens with one attached hydrogen (secondary N) is 1. The van der Waals surface area contributed by atoms with Gasteiger partial charge < -0.3 is 14.1 Å². The number of hydrogen-bond acceptors (Lipinski definition) is 6. The van der Waals surface area contributed by atoms with Gasteiger partial charge in [-0.2, -0.15) is 0 Å². The number of hydrogen-bond donors (Lipinski definition) is 1. The average Bonchev–Trinajstić information content (AvgIpc) is 3.17. The van der Waals surface area contributed by atoms with Crippen LogP contribution < -0.4 is 15.1 Å². The fourth-order valence-corrected chi connectivity index (χ4v) is 3.61. The molecule has 150 valence electrons. The number of ether oxygens (including phenoxy) is 1. The normalized spacial score (nSPS) is 19.1. The van der Waals surface area contributed by atoms with E-state index in [1.165, 1.54) is 17.0 Å². The first-order chi connectivity index (χ1) is 13.9. The molecule has 0 spiro atoms. The van der Waals surface area contributed by atoms with Crippen LogP contribution in [0.15, 0.2) is 40.3 Å². The molecule has 10 heteroatoms. The maximum Gasteiger partial charge on any atom is 0.270 e. The SMILES string of the molecule is O=C1NC(=S)N(c2ccc(Cl)c(Cl)c2)C(=O)/C1=C/c1ccc(N2CCOCC2)o1. The minimum atomic E-state index is -0.597. The molecule has 2 saturated heterocycles. The molecule has 0 unspecified atom stereocenters. The Kier molecular flexibility index (Phi) is 5.60. The van der Waals surface area contributed by atoms with Gasteiger partial charge in [-0.15, -0.1) is 0 Å². The summed E-state index contributed by atoms with van der Waals surface area (Å²) in [7, 11) is 0. The molecule has 0 bridgehead atoms. The fourth-order valence-electron chi connectivity index (χ4n) is 3.03. The summed E-state index contributed by atoms with van der Waals surface area (Å²) in [4.78, 5) is 28.6. The molecule has 1 aromatic carbocycles. The van der Waals surface area contributed by atoms with Crippen LogP contribution in [0.25, 0.3) is 6.08 Å².